The van der Waals surface area contributed by atoms with Crippen LogP contribution in [0.1, 0.15) is 29.7 Å². The number of likely N-dealkylation sites (tertiary alicyclic amines) is 1. The highest BCUT2D eigenvalue weighted by molar-refractivity contribution is 5.52. The first-order valence-electron chi connectivity index (χ1n) is 7.11. The predicted octanol–water partition coefficient (Wildman–Crippen LogP) is 1.69. The summed E-state index contributed by atoms with van der Waals surface area (Å²) in [5.74, 6) is 1.07. The zero-order valence-electron chi connectivity index (χ0n) is 12.6. The lowest BCUT2D eigenvalue weighted by Gasteiger charge is -2.37. The van der Waals surface area contributed by atoms with Crippen LogP contribution in [0.4, 0.5) is 5.82 Å². The predicted molar refractivity (Wildman–Crippen MR) is 80.5 cm³/mol. The number of anilines is 1. The maximum Gasteiger partial charge on any atom is 0.133 e. The molecule has 4 heteroatoms. The van der Waals surface area contributed by atoms with E-state index in [9.17, 15) is 0 Å². The molecule has 0 saturated carbocycles. The van der Waals surface area contributed by atoms with E-state index in [0.717, 1.165) is 18.1 Å². The second-order valence-electron chi connectivity index (χ2n) is 5.76. The van der Waals surface area contributed by atoms with Gasteiger partial charge in [0.05, 0.1) is 0 Å². The first kappa shape index (κ1) is 14.3. The minimum absolute atomic E-state index is 0.540. The maximum absolute atomic E-state index is 5.92. The molecule has 1 fully saturated rings. The van der Waals surface area contributed by atoms with E-state index in [0.29, 0.717) is 12.6 Å². The second kappa shape index (κ2) is 5.88. The Kier molecular flexibility index (Phi) is 4.42. The van der Waals surface area contributed by atoms with E-state index >= 15 is 0 Å². The molecule has 1 aromatic heterocycles. The molecule has 0 aromatic carbocycles. The highest BCUT2D eigenvalue weighted by Crippen LogP contribution is 2.25. The number of pyridine rings is 1. The van der Waals surface area contributed by atoms with E-state index in [4.69, 9.17) is 10.7 Å². The average Bonchev–Trinajstić information content (AvgIpc) is 2.37. The quantitative estimate of drug-likeness (QED) is 0.900. The minimum Gasteiger partial charge on any atom is -0.355 e. The molecule has 0 aliphatic carbocycles. The van der Waals surface area contributed by atoms with Gasteiger partial charge in [-0.05, 0) is 51.9 Å². The van der Waals surface area contributed by atoms with Gasteiger partial charge in [0.1, 0.15) is 5.82 Å². The lowest BCUT2D eigenvalue weighted by Crippen LogP contribution is -2.45. The van der Waals surface area contributed by atoms with Crippen molar-refractivity contribution in [2.75, 3.05) is 32.1 Å². The lowest BCUT2D eigenvalue weighted by molar-refractivity contribution is 0.247. The number of nitrogens with zero attached hydrogens (tertiary/aromatic N) is 3. The minimum atomic E-state index is 0.540. The van der Waals surface area contributed by atoms with Crippen molar-refractivity contribution in [1.82, 2.24) is 9.88 Å². The summed E-state index contributed by atoms with van der Waals surface area (Å²) in [4.78, 5) is 9.46. The fraction of sp³-hybridized carbons (Fsp3) is 0.667. The molecule has 2 rings (SSSR count). The fourth-order valence-electron chi connectivity index (χ4n) is 3.02. The molecule has 1 unspecified atom stereocenters. The van der Waals surface area contributed by atoms with Gasteiger partial charge in [0.25, 0.3) is 0 Å². The number of aryl methyl sites for hydroxylation is 2. The fourth-order valence-corrected chi connectivity index (χ4v) is 3.02. The number of nitrogens with two attached hydrogens (primary N) is 1. The highest BCUT2D eigenvalue weighted by atomic mass is 15.2. The van der Waals surface area contributed by atoms with Crippen LogP contribution in [0.15, 0.2) is 6.07 Å². The number of hydrogen-bond acceptors (Lipinski definition) is 4. The van der Waals surface area contributed by atoms with Crippen LogP contribution in [0.25, 0.3) is 0 Å². The van der Waals surface area contributed by atoms with E-state index in [-0.39, 0.29) is 0 Å². The molecule has 1 atom stereocenters. The molecule has 2 heterocycles. The van der Waals surface area contributed by atoms with Gasteiger partial charge in [-0.3, -0.25) is 0 Å². The summed E-state index contributed by atoms with van der Waals surface area (Å²) in [6, 6.07) is 2.66. The van der Waals surface area contributed by atoms with Crippen molar-refractivity contribution in [2.24, 2.45) is 5.73 Å². The molecule has 106 valence electrons. The van der Waals surface area contributed by atoms with Crippen molar-refractivity contribution in [3.63, 3.8) is 0 Å². The van der Waals surface area contributed by atoms with Gasteiger partial charge in [-0.1, -0.05) is 0 Å². The van der Waals surface area contributed by atoms with Crippen LogP contribution in [0.3, 0.4) is 0 Å². The lowest BCUT2D eigenvalue weighted by atomic mass is 10.0. The molecule has 1 aliphatic heterocycles. The number of piperidine rings is 1. The molecule has 0 bridgehead atoms. The van der Waals surface area contributed by atoms with Crippen molar-refractivity contribution in [3.8, 4) is 0 Å². The monoisotopic (exact) mass is 262 g/mol. The summed E-state index contributed by atoms with van der Waals surface area (Å²) in [6.45, 7) is 7.05. The topological polar surface area (TPSA) is 45.4 Å². The molecule has 4 nitrogen and oxygen atoms in total. The Balaban J connectivity index is 2.29. The Bertz CT molecular complexity index is 444. The third-order valence-electron chi connectivity index (χ3n) is 4.14. The maximum atomic E-state index is 5.92. The largest absolute Gasteiger partial charge is 0.355 e. The van der Waals surface area contributed by atoms with Crippen LogP contribution in [0, 0.1) is 13.8 Å². The van der Waals surface area contributed by atoms with E-state index in [1.54, 1.807) is 0 Å². The van der Waals surface area contributed by atoms with Crippen molar-refractivity contribution in [1.29, 1.82) is 0 Å². The molecule has 2 N–H and O–H groups in total. The molecular formula is C15H26N4. The normalized spacial score (nSPS) is 20.6. The van der Waals surface area contributed by atoms with Gasteiger partial charge in [-0.15, -0.1) is 0 Å². The highest BCUT2D eigenvalue weighted by Gasteiger charge is 2.24. The third-order valence-corrected chi connectivity index (χ3v) is 4.14. The Morgan fingerprint density at radius 3 is 2.84 bits per heavy atom. The molecular weight excluding hydrogens is 236 g/mol. The van der Waals surface area contributed by atoms with Gasteiger partial charge >= 0.3 is 0 Å². The smallest absolute Gasteiger partial charge is 0.133 e. The Labute approximate surface area is 116 Å². The summed E-state index contributed by atoms with van der Waals surface area (Å²) in [7, 11) is 4.35. The number of rotatable bonds is 3. The van der Waals surface area contributed by atoms with Crippen LogP contribution in [-0.4, -0.2) is 43.1 Å². The van der Waals surface area contributed by atoms with E-state index in [1.807, 2.05) is 0 Å². The van der Waals surface area contributed by atoms with Crippen molar-refractivity contribution < 1.29 is 0 Å². The Hall–Kier alpha value is -1.13. The molecule has 0 spiro atoms. The van der Waals surface area contributed by atoms with Crippen molar-refractivity contribution in [3.05, 3.63) is 22.9 Å². The second-order valence-corrected chi connectivity index (χ2v) is 5.76. The average molecular weight is 262 g/mol. The zero-order valence-corrected chi connectivity index (χ0v) is 12.6. The summed E-state index contributed by atoms with van der Waals surface area (Å²) >= 11 is 0. The zero-order chi connectivity index (χ0) is 14.0. The number of aromatic nitrogens is 1. The van der Waals surface area contributed by atoms with Gasteiger partial charge in [0.15, 0.2) is 0 Å². The summed E-state index contributed by atoms with van der Waals surface area (Å²) in [5.41, 5.74) is 9.42. The molecule has 0 radical (unpaired) electrons. The van der Waals surface area contributed by atoms with E-state index in [1.165, 1.54) is 30.5 Å². The van der Waals surface area contributed by atoms with Crippen LogP contribution < -0.4 is 10.6 Å². The van der Waals surface area contributed by atoms with E-state index < -0.39 is 0 Å². The van der Waals surface area contributed by atoms with Crippen molar-refractivity contribution >= 4 is 5.82 Å². The first-order chi connectivity index (χ1) is 9.02. The first-order valence-corrected chi connectivity index (χ1v) is 7.11. The Morgan fingerprint density at radius 2 is 2.21 bits per heavy atom. The summed E-state index contributed by atoms with van der Waals surface area (Å²) in [5, 5.41) is 0. The van der Waals surface area contributed by atoms with Gasteiger partial charge in [0.2, 0.25) is 0 Å². The van der Waals surface area contributed by atoms with Gasteiger partial charge in [0, 0.05) is 37.4 Å². The van der Waals surface area contributed by atoms with Gasteiger partial charge in [-0.25, -0.2) is 4.98 Å². The number of hydrogen-bond donors (Lipinski definition) is 1. The summed E-state index contributed by atoms with van der Waals surface area (Å²) < 4.78 is 0. The van der Waals surface area contributed by atoms with Gasteiger partial charge < -0.3 is 15.5 Å². The van der Waals surface area contributed by atoms with E-state index in [2.05, 4.69) is 43.8 Å². The molecule has 1 saturated heterocycles. The van der Waals surface area contributed by atoms with Crippen LogP contribution in [0.5, 0.6) is 0 Å². The Morgan fingerprint density at radius 1 is 1.47 bits per heavy atom. The molecule has 1 aliphatic rings. The van der Waals surface area contributed by atoms with Gasteiger partial charge in [-0.2, -0.15) is 0 Å². The van der Waals surface area contributed by atoms with Crippen LogP contribution >= 0.6 is 0 Å². The standard InChI is InChI=1S/C15H26N4/c1-11-8-12(2)17-15(14(11)9-16)19(4)13-6-5-7-18(3)10-13/h8,13H,5-7,9-10,16H2,1-4H3. The molecule has 1 aromatic rings. The SMILES string of the molecule is Cc1cc(C)c(CN)c(N(C)C2CCCN(C)C2)n1. The molecule has 0 amide bonds. The molecule has 19 heavy (non-hydrogen) atoms. The van der Waals surface area contributed by atoms with Crippen LogP contribution in [-0.2, 0) is 6.54 Å². The third kappa shape index (κ3) is 3.07. The number of likely N-dealkylation sites (N-methyl/N-ethyl adjacent to an activating group) is 2. The van der Waals surface area contributed by atoms with Crippen molar-refractivity contribution in [2.45, 2.75) is 39.3 Å². The van der Waals surface area contributed by atoms with Crippen LogP contribution in [0.2, 0.25) is 0 Å². The summed E-state index contributed by atoms with van der Waals surface area (Å²) in [6.07, 6.45) is 2.49.